The van der Waals surface area contributed by atoms with Crippen molar-refractivity contribution in [3.8, 4) is 0 Å². The van der Waals surface area contributed by atoms with E-state index < -0.39 is 17.8 Å². The second-order valence-corrected chi connectivity index (χ2v) is 5.24. The Kier molecular flexibility index (Phi) is 5.27. The zero-order chi connectivity index (χ0) is 16.1. The normalized spacial score (nSPS) is 10.1. The molecule has 0 unspecified atom stereocenters. The van der Waals surface area contributed by atoms with Gasteiger partial charge in [0.25, 0.3) is 0 Å². The van der Waals surface area contributed by atoms with Crippen LogP contribution in [0.1, 0.15) is 26.3 Å². The zero-order valence-corrected chi connectivity index (χ0v) is 13.2. The van der Waals surface area contributed by atoms with Gasteiger partial charge in [-0.25, -0.2) is 14.0 Å². The van der Waals surface area contributed by atoms with Gasteiger partial charge in [-0.2, -0.15) is 0 Å². The second-order valence-electron chi connectivity index (χ2n) is 4.39. The molecule has 0 aliphatic carbocycles. The zero-order valence-electron chi connectivity index (χ0n) is 11.6. The highest BCUT2D eigenvalue weighted by molar-refractivity contribution is 9.10. The van der Waals surface area contributed by atoms with Crippen molar-refractivity contribution in [2.75, 3.05) is 7.11 Å². The predicted octanol–water partition coefficient (Wildman–Crippen LogP) is 3.73. The first-order chi connectivity index (χ1) is 10.5. The Morgan fingerprint density at radius 1 is 1.09 bits per heavy atom. The molecule has 0 heterocycles. The summed E-state index contributed by atoms with van der Waals surface area (Å²) in [5.41, 5.74) is 1.38. The number of carbonyl (C=O) groups excluding carboxylic acids is 2. The number of rotatable bonds is 4. The lowest BCUT2D eigenvalue weighted by molar-refractivity contribution is 0.0470. The average molecular weight is 367 g/mol. The van der Waals surface area contributed by atoms with E-state index in [2.05, 4.69) is 20.7 Å². The molecule has 0 fully saturated rings. The fraction of sp³-hybridized carbons (Fsp3) is 0.125. The molecule has 0 saturated heterocycles. The Labute approximate surface area is 135 Å². The Morgan fingerprint density at radius 2 is 1.77 bits per heavy atom. The lowest BCUT2D eigenvalue weighted by Gasteiger charge is -2.07. The van der Waals surface area contributed by atoms with Crippen molar-refractivity contribution in [3.05, 3.63) is 69.4 Å². The van der Waals surface area contributed by atoms with Crippen molar-refractivity contribution in [1.82, 2.24) is 0 Å². The van der Waals surface area contributed by atoms with Crippen molar-refractivity contribution in [3.63, 3.8) is 0 Å². The molecule has 2 aromatic carbocycles. The molecular formula is C16H12BrFO4. The molecule has 22 heavy (non-hydrogen) atoms. The first kappa shape index (κ1) is 16.2. The SMILES string of the molecule is COC(=O)c1ccc(COC(=O)c2ccc(F)cc2Br)cc1. The highest BCUT2D eigenvalue weighted by Crippen LogP contribution is 2.19. The second kappa shape index (κ2) is 7.17. The number of benzene rings is 2. The molecule has 0 spiro atoms. The van der Waals surface area contributed by atoms with Crippen molar-refractivity contribution in [2.45, 2.75) is 6.61 Å². The fourth-order valence-corrected chi connectivity index (χ4v) is 2.25. The predicted molar refractivity (Wildman–Crippen MR) is 81.0 cm³/mol. The number of carbonyl (C=O) groups is 2. The smallest absolute Gasteiger partial charge is 0.339 e. The maximum Gasteiger partial charge on any atom is 0.339 e. The summed E-state index contributed by atoms with van der Waals surface area (Å²) in [4.78, 5) is 23.2. The molecular weight excluding hydrogens is 355 g/mol. The molecule has 0 aromatic heterocycles. The monoisotopic (exact) mass is 366 g/mol. The van der Waals surface area contributed by atoms with Crippen LogP contribution in [0.15, 0.2) is 46.9 Å². The molecule has 0 aliphatic rings. The van der Waals surface area contributed by atoms with Crippen molar-refractivity contribution in [1.29, 1.82) is 0 Å². The van der Waals surface area contributed by atoms with E-state index in [4.69, 9.17) is 4.74 Å². The van der Waals surface area contributed by atoms with Crippen LogP contribution < -0.4 is 0 Å². The topological polar surface area (TPSA) is 52.6 Å². The van der Waals surface area contributed by atoms with Gasteiger partial charge < -0.3 is 9.47 Å². The van der Waals surface area contributed by atoms with Gasteiger partial charge in [0.15, 0.2) is 0 Å². The molecule has 0 radical (unpaired) electrons. The average Bonchev–Trinajstić information content (AvgIpc) is 2.52. The maximum atomic E-state index is 13.0. The number of hydrogen-bond donors (Lipinski definition) is 0. The number of hydrogen-bond acceptors (Lipinski definition) is 4. The summed E-state index contributed by atoms with van der Waals surface area (Å²) in [5.74, 6) is -1.44. The Hall–Kier alpha value is -2.21. The molecule has 2 aromatic rings. The molecule has 2 rings (SSSR count). The van der Waals surface area contributed by atoms with E-state index >= 15 is 0 Å². The summed E-state index contributed by atoms with van der Waals surface area (Å²) in [6.07, 6.45) is 0. The molecule has 0 aliphatic heterocycles. The number of ether oxygens (including phenoxy) is 2. The maximum absolute atomic E-state index is 13.0. The Bertz CT molecular complexity index is 698. The highest BCUT2D eigenvalue weighted by Gasteiger charge is 2.12. The van der Waals surface area contributed by atoms with Crippen LogP contribution in [0.3, 0.4) is 0 Å². The van der Waals surface area contributed by atoms with Crippen molar-refractivity contribution >= 4 is 27.9 Å². The van der Waals surface area contributed by atoms with Crippen LogP contribution in [-0.4, -0.2) is 19.0 Å². The number of halogens is 2. The number of methoxy groups -OCH3 is 1. The molecule has 6 heteroatoms. The molecule has 0 amide bonds. The Morgan fingerprint density at radius 3 is 2.36 bits per heavy atom. The van der Waals surface area contributed by atoms with Gasteiger partial charge in [0.1, 0.15) is 12.4 Å². The lowest BCUT2D eigenvalue weighted by Crippen LogP contribution is -2.07. The van der Waals surface area contributed by atoms with E-state index in [1.165, 1.54) is 25.3 Å². The molecule has 0 N–H and O–H groups in total. The van der Waals surface area contributed by atoms with Crippen LogP contribution in [0.2, 0.25) is 0 Å². The standard InChI is InChI=1S/C16H12BrFO4/c1-21-15(19)11-4-2-10(3-5-11)9-22-16(20)13-7-6-12(18)8-14(13)17/h2-8H,9H2,1H3. The third kappa shape index (κ3) is 3.92. The summed E-state index contributed by atoms with van der Waals surface area (Å²) in [7, 11) is 1.30. The van der Waals surface area contributed by atoms with Gasteiger partial charge >= 0.3 is 11.9 Å². The largest absolute Gasteiger partial charge is 0.465 e. The van der Waals surface area contributed by atoms with Crippen LogP contribution in [0.4, 0.5) is 4.39 Å². The minimum absolute atomic E-state index is 0.0457. The van der Waals surface area contributed by atoms with E-state index in [-0.39, 0.29) is 12.2 Å². The van der Waals surface area contributed by atoms with Crippen LogP contribution in [0, 0.1) is 5.82 Å². The van der Waals surface area contributed by atoms with Gasteiger partial charge in [-0.15, -0.1) is 0 Å². The van der Waals surface area contributed by atoms with Crippen LogP contribution in [-0.2, 0) is 16.1 Å². The van der Waals surface area contributed by atoms with E-state index in [1.807, 2.05) is 0 Å². The van der Waals surface area contributed by atoms with Gasteiger partial charge in [-0.05, 0) is 51.8 Å². The van der Waals surface area contributed by atoms with E-state index in [1.54, 1.807) is 24.3 Å². The third-order valence-corrected chi connectivity index (χ3v) is 3.55. The van der Waals surface area contributed by atoms with Gasteiger partial charge in [0.2, 0.25) is 0 Å². The first-order valence-electron chi connectivity index (χ1n) is 6.30. The summed E-state index contributed by atoms with van der Waals surface area (Å²) in [6, 6.07) is 10.2. The van der Waals surface area contributed by atoms with E-state index in [0.29, 0.717) is 10.0 Å². The summed E-state index contributed by atoms with van der Waals surface area (Å²) < 4.78 is 23.1. The lowest BCUT2D eigenvalue weighted by atomic mass is 10.1. The van der Waals surface area contributed by atoms with Crippen molar-refractivity contribution < 1.29 is 23.5 Å². The van der Waals surface area contributed by atoms with Crippen LogP contribution in [0.25, 0.3) is 0 Å². The highest BCUT2D eigenvalue weighted by atomic mass is 79.9. The van der Waals surface area contributed by atoms with Gasteiger partial charge in [0, 0.05) is 4.47 Å². The fourth-order valence-electron chi connectivity index (χ4n) is 1.74. The minimum atomic E-state index is -0.566. The first-order valence-corrected chi connectivity index (χ1v) is 7.10. The van der Waals surface area contributed by atoms with E-state index in [0.717, 1.165) is 5.56 Å². The number of esters is 2. The van der Waals surface area contributed by atoms with Crippen LogP contribution >= 0.6 is 15.9 Å². The van der Waals surface area contributed by atoms with Gasteiger partial charge in [-0.1, -0.05) is 12.1 Å². The molecule has 0 atom stereocenters. The molecule has 114 valence electrons. The summed E-state index contributed by atoms with van der Waals surface area (Å²) in [6.45, 7) is 0.0457. The summed E-state index contributed by atoms with van der Waals surface area (Å²) in [5, 5.41) is 0. The quantitative estimate of drug-likeness (QED) is 0.773. The Balaban J connectivity index is 2.00. The molecule has 4 nitrogen and oxygen atoms in total. The van der Waals surface area contributed by atoms with Gasteiger partial charge in [0.05, 0.1) is 18.2 Å². The molecule has 0 bridgehead atoms. The third-order valence-electron chi connectivity index (χ3n) is 2.90. The van der Waals surface area contributed by atoms with E-state index in [9.17, 15) is 14.0 Å². The van der Waals surface area contributed by atoms with Gasteiger partial charge in [-0.3, -0.25) is 0 Å². The van der Waals surface area contributed by atoms with Crippen LogP contribution in [0.5, 0.6) is 0 Å². The molecule has 0 saturated carbocycles. The van der Waals surface area contributed by atoms with Crippen molar-refractivity contribution in [2.24, 2.45) is 0 Å². The minimum Gasteiger partial charge on any atom is -0.465 e. The summed E-state index contributed by atoms with van der Waals surface area (Å²) >= 11 is 3.12.